The molecule has 10 heteroatoms. The van der Waals surface area contributed by atoms with Crippen LogP contribution in [0.1, 0.15) is 23.4 Å². The summed E-state index contributed by atoms with van der Waals surface area (Å²) < 4.78 is 37.1. The number of fused-ring (bicyclic) bond motifs is 1. The number of hydrogen-bond acceptors (Lipinski definition) is 7. The Bertz CT molecular complexity index is 985. The van der Waals surface area contributed by atoms with Crippen LogP contribution in [0.4, 0.5) is 5.13 Å². The molecule has 150 valence electrons. The Hall–Kier alpha value is -2.17. The normalized spacial score (nSPS) is 17.0. The fourth-order valence-electron chi connectivity index (χ4n) is 3.06. The molecule has 0 spiro atoms. The molecule has 1 N–H and O–H groups in total. The van der Waals surface area contributed by atoms with E-state index in [-0.39, 0.29) is 17.8 Å². The van der Waals surface area contributed by atoms with E-state index < -0.39 is 10.0 Å². The fraction of sp³-hybridized carbons (Fsp3) is 0.444. The minimum absolute atomic E-state index is 0.174. The first kappa shape index (κ1) is 19.2. The van der Waals surface area contributed by atoms with Gasteiger partial charge >= 0.3 is 0 Å². The molecule has 1 aliphatic heterocycles. The van der Waals surface area contributed by atoms with E-state index >= 15 is 0 Å². The summed E-state index contributed by atoms with van der Waals surface area (Å²) in [5.41, 5.74) is 0.855. The maximum absolute atomic E-state index is 12.4. The lowest BCUT2D eigenvalue weighted by Gasteiger charge is -2.25. The molecule has 8 nitrogen and oxygen atoms in total. The molecule has 1 amide bonds. The van der Waals surface area contributed by atoms with E-state index in [4.69, 9.17) is 9.47 Å². The van der Waals surface area contributed by atoms with Gasteiger partial charge in [-0.2, -0.15) is 4.31 Å². The number of hydrogen-bond donors (Lipinski definition) is 1. The molecule has 1 fully saturated rings. The first-order valence-corrected chi connectivity index (χ1v) is 11.3. The van der Waals surface area contributed by atoms with E-state index in [9.17, 15) is 13.2 Å². The van der Waals surface area contributed by atoms with Crippen molar-refractivity contribution in [1.29, 1.82) is 0 Å². The number of methoxy groups -OCH3 is 1. The number of carbonyl (C=O) groups is 1. The van der Waals surface area contributed by atoms with Gasteiger partial charge in [-0.1, -0.05) is 12.1 Å². The Balaban J connectivity index is 1.36. The summed E-state index contributed by atoms with van der Waals surface area (Å²) in [6.45, 7) is 0.603. The van der Waals surface area contributed by atoms with E-state index in [0.717, 1.165) is 23.4 Å². The Morgan fingerprint density at radius 3 is 2.79 bits per heavy atom. The van der Waals surface area contributed by atoms with Crippen molar-refractivity contribution in [3.05, 3.63) is 34.8 Å². The lowest BCUT2D eigenvalue weighted by molar-refractivity contribution is -0.118. The number of amides is 1. The van der Waals surface area contributed by atoms with Crippen molar-refractivity contribution in [2.45, 2.75) is 31.1 Å². The number of carbonyl (C=O) groups excluding carboxylic acids is 1. The highest BCUT2D eigenvalue weighted by Gasteiger charge is 2.41. The third-order valence-corrected chi connectivity index (χ3v) is 8.02. The predicted molar refractivity (Wildman–Crippen MR) is 105 cm³/mol. The second kappa shape index (κ2) is 7.69. The van der Waals surface area contributed by atoms with Crippen molar-refractivity contribution in [2.24, 2.45) is 0 Å². The van der Waals surface area contributed by atoms with E-state index in [1.54, 1.807) is 22.5 Å². The molecule has 2 heterocycles. The van der Waals surface area contributed by atoms with Crippen LogP contribution in [0.5, 0.6) is 11.5 Å². The third-order valence-electron chi connectivity index (χ3n) is 4.68. The smallest absolute Gasteiger partial charge is 0.264 e. The Morgan fingerprint density at radius 2 is 2.07 bits per heavy atom. The van der Waals surface area contributed by atoms with Gasteiger partial charge in [-0.15, -0.1) is 11.3 Å². The molecule has 1 aromatic carbocycles. The molecule has 4 rings (SSSR count). The van der Waals surface area contributed by atoms with Crippen LogP contribution in [0.3, 0.4) is 0 Å². The summed E-state index contributed by atoms with van der Waals surface area (Å²) in [4.78, 5) is 17.5. The fourth-order valence-corrected chi connectivity index (χ4v) is 5.99. The number of nitrogens with one attached hydrogen (secondary N) is 1. The molecule has 0 unspecified atom stereocenters. The first-order valence-electron chi connectivity index (χ1n) is 9.00. The molecule has 0 saturated heterocycles. The number of anilines is 1. The van der Waals surface area contributed by atoms with E-state index in [0.29, 0.717) is 36.1 Å². The van der Waals surface area contributed by atoms with Crippen molar-refractivity contribution < 1.29 is 22.7 Å². The molecular weight excluding hydrogens is 402 g/mol. The maximum Gasteiger partial charge on any atom is 0.264 e. The van der Waals surface area contributed by atoms with Crippen LogP contribution in [0.2, 0.25) is 0 Å². The number of rotatable bonds is 7. The lowest BCUT2D eigenvalue weighted by Crippen LogP contribution is -2.37. The summed E-state index contributed by atoms with van der Waals surface area (Å²) in [7, 11) is -1.66. The summed E-state index contributed by atoms with van der Waals surface area (Å²) in [6.07, 6.45) is 2.06. The maximum atomic E-state index is 12.4. The molecule has 28 heavy (non-hydrogen) atoms. The predicted octanol–water partition coefficient (Wildman–Crippen LogP) is 2.02. The average Bonchev–Trinajstić information content (AvgIpc) is 3.47. The van der Waals surface area contributed by atoms with Gasteiger partial charge in [0.1, 0.15) is 0 Å². The van der Waals surface area contributed by atoms with E-state index in [1.807, 2.05) is 6.07 Å². The van der Waals surface area contributed by atoms with Crippen molar-refractivity contribution >= 4 is 32.4 Å². The zero-order valence-electron chi connectivity index (χ0n) is 15.4. The van der Waals surface area contributed by atoms with Crippen molar-refractivity contribution in [2.75, 3.05) is 25.6 Å². The quantitative estimate of drug-likeness (QED) is 0.732. The molecule has 2 aromatic rings. The minimum Gasteiger partial charge on any atom is -0.493 e. The number of thiazole rings is 1. The second-order valence-electron chi connectivity index (χ2n) is 6.70. The van der Waals surface area contributed by atoms with Crippen LogP contribution in [-0.4, -0.2) is 49.1 Å². The van der Waals surface area contributed by atoms with E-state index in [2.05, 4.69) is 10.3 Å². The first-order chi connectivity index (χ1) is 13.5. The largest absolute Gasteiger partial charge is 0.493 e. The van der Waals surface area contributed by atoms with Gasteiger partial charge in [0.05, 0.1) is 18.1 Å². The zero-order valence-corrected chi connectivity index (χ0v) is 17.0. The molecular formula is C18H21N3O5S2. The van der Waals surface area contributed by atoms with Gasteiger partial charge in [0, 0.05) is 24.4 Å². The molecule has 0 bridgehead atoms. The van der Waals surface area contributed by atoms with Crippen molar-refractivity contribution in [3.8, 4) is 11.5 Å². The monoisotopic (exact) mass is 423 g/mol. The SMILES string of the molecule is COc1ccccc1OCC(=O)Nc1nc2c(s1)CN(S(=O)(=O)C1CC1)CC2. The van der Waals surface area contributed by atoms with Gasteiger partial charge in [0.2, 0.25) is 10.0 Å². The molecule has 1 aliphatic carbocycles. The molecule has 0 atom stereocenters. The van der Waals surface area contributed by atoms with Gasteiger partial charge in [0.15, 0.2) is 23.2 Å². The van der Waals surface area contributed by atoms with Crippen LogP contribution < -0.4 is 14.8 Å². The molecule has 1 aromatic heterocycles. The highest BCUT2D eigenvalue weighted by molar-refractivity contribution is 7.90. The number of sulfonamides is 1. The molecule has 0 radical (unpaired) electrons. The molecule has 2 aliphatic rings. The minimum atomic E-state index is -3.20. The van der Waals surface area contributed by atoms with Crippen LogP contribution in [0.15, 0.2) is 24.3 Å². The highest BCUT2D eigenvalue weighted by atomic mass is 32.2. The zero-order chi connectivity index (χ0) is 19.7. The second-order valence-corrected chi connectivity index (χ2v) is 10.0. The Morgan fingerprint density at radius 1 is 1.32 bits per heavy atom. The standard InChI is InChI=1S/C18H21N3O5S2/c1-25-14-4-2-3-5-15(14)26-11-17(22)20-18-19-13-8-9-21(10-16(13)27-18)28(23,24)12-6-7-12/h2-5,12H,6-11H2,1H3,(H,19,20,22). The summed E-state index contributed by atoms with van der Waals surface area (Å²) in [5, 5.41) is 2.98. The Kier molecular flexibility index (Phi) is 5.26. The van der Waals surface area contributed by atoms with Crippen LogP contribution in [0, 0.1) is 0 Å². The Labute approximate surface area is 167 Å². The highest BCUT2D eigenvalue weighted by Crippen LogP contribution is 2.35. The summed E-state index contributed by atoms with van der Waals surface area (Å²) in [6, 6.07) is 7.09. The summed E-state index contributed by atoms with van der Waals surface area (Å²) in [5.74, 6) is 0.705. The number of benzene rings is 1. The number of ether oxygens (including phenoxy) is 2. The molecule has 1 saturated carbocycles. The van der Waals surface area contributed by atoms with Crippen molar-refractivity contribution in [3.63, 3.8) is 0 Å². The van der Waals surface area contributed by atoms with Crippen LogP contribution in [0.25, 0.3) is 0 Å². The number of aromatic nitrogens is 1. The van der Waals surface area contributed by atoms with Gasteiger partial charge in [-0.25, -0.2) is 13.4 Å². The number of nitrogens with zero attached hydrogens (tertiary/aromatic N) is 2. The van der Waals surface area contributed by atoms with Gasteiger partial charge in [0.25, 0.3) is 5.91 Å². The third kappa shape index (κ3) is 3.98. The van der Waals surface area contributed by atoms with Gasteiger partial charge in [-0.05, 0) is 25.0 Å². The van der Waals surface area contributed by atoms with Crippen molar-refractivity contribution in [1.82, 2.24) is 9.29 Å². The lowest BCUT2D eigenvalue weighted by atomic mass is 10.2. The van der Waals surface area contributed by atoms with Crippen LogP contribution in [-0.2, 0) is 27.8 Å². The number of para-hydroxylation sites is 2. The van der Waals surface area contributed by atoms with Crippen LogP contribution >= 0.6 is 11.3 Å². The summed E-state index contributed by atoms with van der Waals surface area (Å²) >= 11 is 1.32. The van der Waals surface area contributed by atoms with Gasteiger partial charge in [-0.3, -0.25) is 10.1 Å². The van der Waals surface area contributed by atoms with Gasteiger partial charge < -0.3 is 9.47 Å². The average molecular weight is 424 g/mol. The van der Waals surface area contributed by atoms with E-state index in [1.165, 1.54) is 18.4 Å². The topological polar surface area (TPSA) is 97.8 Å².